The number of para-hydroxylation sites is 1. The molecule has 0 spiro atoms. The number of anilines is 1. The lowest BCUT2D eigenvalue weighted by atomic mass is 10.1. The third-order valence-electron chi connectivity index (χ3n) is 4.47. The van der Waals surface area contributed by atoms with Crippen LogP contribution in [0.5, 0.6) is 0 Å². The van der Waals surface area contributed by atoms with Crippen molar-refractivity contribution < 1.29 is 4.79 Å². The number of fused-ring (bicyclic) bond motifs is 1. The average molecular weight is 342 g/mol. The number of aryl methyl sites for hydroxylation is 2. The van der Waals surface area contributed by atoms with Crippen molar-refractivity contribution in [2.75, 3.05) is 25.0 Å². The van der Waals surface area contributed by atoms with Gasteiger partial charge in [-0.3, -0.25) is 0 Å². The van der Waals surface area contributed by atoms with Crippen molar-refractivity contribution >= 4 is 11.7 Å². The number of likely N-dealkylation sites (N-methyl/N-ethyl adjacent to an activating group) is 1. The molecule has 25 heavy (non-hydrogen) atoms. The van der Waals surface area contributed by atoms with Gasteiger partial charge < -0.3 is 15.5 Å². The maximum Gasteiger partial charge on any atom is 0.315 e. The summed E-state index contributed by atoms with van der Waals surface area (Å²) in [5.74, 6) is 1.72. The molecule has 7 heteroatoms. The number of rotatable bonds is 6. The van der Waals surface area contributed by atoms with Crippen molar-refractivity contribution in [2.45, 2.75) is 38.8 Å². The smallest absolute Gasteiger partial charge is 0.315 e. The minimum Gasteiger partial charge on any atom is -0.373 e. The number of carbonyl (C=O) groups excluding carboxylic acids is 1. The molecule has 0 aliphatic carbocycles. The van der Waals surface area contributed by atoms with Gasteiger partial charge in [0.15, 0.2) is 5.82 Å². The van der Waals surface area contributed by atoms with Gasteiger partial charge in [0.25, 0.3) is 0 Å². The number of amides is 2. The molecule has 2 N–H and O–H groups in total. The largest absolute Gasteiger partial charge is 0.373 e. The summed E-state index contributed by atoms with van der Waals surface area (Å²) >= 11 is 0. The maximum atomic E-state index is 12.2. The molecule has 134 valence electrons. The first-order chi connectivity index (χ1) is 12.2. The molecule has 0 unspecified atom stereocenters. The summed E-state index contributed by atoms with van der Waals surface area (Å²) in [4.78, 5) is 18.9. The summed E-state index contributed by atoms with van der Waals surface area (Å²) in [6, 6.07) is 9.91. The Morgan fingerprint density at radius 3 is 2.92 bits per heavy atom. The van der Waals surface area contributed by atoms with Crippen molar-refractivity contribution in [1.82, 2.24) is 25.4 Å². The number of nitrogens with zero attached hydrogens (tertiary/aromatic N) is 4. The Balaban J connectivity index is 1.48. The van der Waals surface area contributed by atoms with Crippen LogP contribution in [0.25, 0.3) is 0 Å². The van der Waals surface area contributed by atoms with Crippen molar-refractivity contribution in [2.24, 2.45) is 0 Å². The Hall–Kier alpha value is -2.57. The highest BCUT2D eigenvalue weighted by Gasteiger charge is 2.25. The van der Waals surface area contributed by atoms with Gasteiger partial charge in [0.1, 0.15) is 5.82 Å². The van der Waals surface area contributed by atoms with E-state index in [1.54, 1.807) is 0 Å². The fourth-order valence-electron chi connectivity index (χ4n) is 3.04. The van der Waals surface area contributed by atoms with E-state index in [-0.39, 0.29) is 12.1 Å². The van der Waals surface area contributed by atoms with Gasteiger partial charge in [-0.15, -0.1) is 0 Å². The van der Waals surface area contributed by atoms with Gasteiger partial charge in [-0.1, -0.05) is 25.1 Å². The van der Waals surface area contributed by atoms with Crippen LogP contribution in [0, 0.1) is 0 Å². The van der Waals surface area contributed by atoms with Gasteiger partial charge >= 0.3 is 6.03 Å². The normalized spacial score (nSPS) is 16.2. The standard InChI is InChI=1S/C18H26N6O/c1-3-16-21-17-15(10-7-12-24(17)22-16)20-18(25)19-11-13-23(2)14-8-5-4-6-9-14/h4-6,8-9,15H,3,7,10-13H2,1-2H3,(H2,19,20,25)/t15-/m0/s1. The quantitative estimate of drug-likeness (QED) is 0.843. The van der Waals surface area contributed by atoms with Crippen molar-refractivity contribution in [3.63, 3.8) is 0 Å². The minimum absolute atomic E-state index is 0.0617. The van der Waals surface area contributed by atoms with Crippen LogP contribution >= 0.6 is 0 Å². The van der Waals surface area contributed by atoms with Gasteiger partial charge in [-0.2, -0.15) is 5.10 Å². The Bertz CT molecular complexity index is 699. The predicted octanol–water partition coefficient (Wildman–Crippen LogP) is 2.11. The molecule has 7 nitrogen and oxygen atoms in total. The highest BCUT2D eigenvalue weighted by Crippen LogP contribution is 2.23. The van der Waals surface area contributed by atoms with Gasteiger partial charge in [0.05, 0.1) is 6.04 Å². The summed E-state index contributed by atoms with van der Waals surface area (Å²) in [6.45, 7) is 4.25. The lowest BCUT2D eigenvalue weighted by Gasteiger charge is -2.24. The molecule has 0 saturated heterocycles. The fourth-order valence-corrected chi connectivity index (χ4v) is 3.04. The predicted molar refractivity (Wildman–Crippen MR) is 97.6 cm³/mol. The first kappa shape index (κ1) is 17.3. The molecule has 0 bridgehead atoms. The van der Waals surface area contributed by atoms with Crippen LogP contribution in [0.3, 0.4) is 0 Å². The second-order valence-corrected chi connectivity index (χ2v) is 6.32. The summed E-state index contributed by atoms with van der Waals surface area (Å²) in [5.41, 5.74) is 1.14. The molecule has 0 fully saturated rings. The Morgan fingerprint density at radius 1 is 1.36 bits per heavy atom. The van der Waals surface area contributed by atoms with Crippen LogP contribution < -0.4 is 15.5 Å². The van der Waals surface area contributed by atoms with E-state index >= 15 is 0 Å². The first-order valence-electron chi connectivity index (χ1n) is 8.91. The van der Waals surface area contributed by atoms with Gasteiger partial charge in [0, 0.05) is 38.8 Å². The van der Waals surface area contributed by atoms with Crippen LogP contribution in [0.4, 0.5) is 10.5 Å². The summed E-state index contributed by atoms with van der Waals surface area (Å²) in [6.07, 6.45) is 2.71. The maximum absolute atomic E-state index is 12.2. The summed E-state index contributed by atoms with van der Waals surface area (Å²) in [7, 11) is 2.02. The lowest BCUT2D eigenvalue weighted by molar-refractivity contribution is 0.233. The number of hydrogen-bond donors (Lipinski definition) is 2. The number of aromatic nitrogens is 3. The van der Waals surface area contributed by atoms with E-state index in [4.69, 9.17) is 0 Å². The van der Waals surface area contributed by atoms with E-state index < -0.39 is 0 Å². The Morgan fingerprint density at radius 2 is 2.16 bits per heavy atom. The third kappa shape index (κ3) is 4.29. The number of benzene rings is 1. The molecule has 1 aliphatic rings. The summed E-state index contributed by atoms with van der Waals surface area (Å²) in [5, 5.41) is 10.4. The highest BCUT2D eigenvalue weighted by molar-refractivity contribution is 5.74. The number of hydrogen-bond acceptors (Lipinski definition) is 4. The van der Waals surface area contributed by atoms with Crippen LogP contribution in [-0.2, 0) is 13.0 Å². The second-order valence-electron chi connectivity index (χ2n) is 6.32. The van der Waals surface area contributed by atoms with Crippen LogP contribution in [0.15, 0.2) is 30.3 Å². The fraction of sp³-hybridized carbons (Fsp3) is 0.500. The van der Waals surface area contributed by atoms with Gasteiger partial charge in [-0.05, 0) is 25.0 Å². The zero-order valence-corrected chi connectivity index (χ0v) is 14.9. The minimum atomic E-state index is -0.152. The first-order valence-corrected chi connectivity index (χ1v) is 8.91. The molecule has 2 amide bonds. The molecule has 2 heterocycles. The Kier molecular flexibility index (Phi) is 5.53. The van der Waals surface area contributed by atoms with Crippen molar-refractivity contribution in [1.29, 1.82) is 0 Å². The molecule has 3 rings (SSSR count). The third-order valence-corrected chi connectivity index (χ3v) is 4.47. The summed E-state index contributed by atoms with van der Waals surface area (Å²) < 4.78 is 1.93. The SMILES string of the molecule is CCc1nc2n(n1)CCC[C@@H]2NC(=O)NCCN(C)c1ccccc1. The molecular formula is C18H26N6O. The average Bonchev–Trinajstić information content (AvgIpc) is 3.07. The van der Waals surface area contributed by atoms with Crippen LogP contribution in [-0.4, -0.2) is 40.9 Å². The van der Waals surface area contributed by atoms with Crippen molar-refractivity contribution in [3.8, 4) is 0 Å². The number of nitrogens with one attached hydrogen (secondary N) is 2. The zero-order valence-electron chi connectivity index (χ0n) is 14.9. The lowest BCUT2D eigenvalue weighted by Crippen LogP contribution is -2.42. The number of carbonyl (C=O) groups is 1. The highest BCUT2D eigenvalue weighted by atomic mass is 16.2. The van der Waals surface area contributed by atoms with E-state index in [0.717, 1.165) is 49.7 Å². The molecular weight excluding hydrogens is 316 g/mol. The van der Waals surface area contributed by atoms with Crippen molar-refractivity contribution in [3.05, 3.63) is 42.0 Å². The molecule has 1 aromatic carbocycles. The monoisotopic (exact) mass is 342 g/mol. The molecule has 1 aromatic heterocycles. The van der Waals surface area contributed by atoms with E-state index in [1.165, 1.54) is 0 Å². The van der Waals surface area contributed by atoms with E-state index in [0.29, 0.717) is 6.54 Å². The Labute approximate surface area is 148 Å². The molecule has 1 atom stereocenters. The molecule has 2 aromatic rings. The van der Waals surface area contributed by atoms with Crippen LogP contribution in [0.2, 0.25) is 0 Å². The van der Waals surface area contributed by atoms with Gasteiger partial charge in [0.2, 0.25) is 0 Å². The topological polar surface area (TPSA) is 75.1 Å². The number of urea groups is 1. The van der Waals surface area contributed by atoms with E-state index in [2.05, 4.69) is 37.7 Å². The molecule has 0 radical (unpaired) electrons. The second kappa shape index (κ2) is 8.00. The van der Waals surface area contributed by atoms with Gasteiger partial charge in [-0.25, -0.2) is 14.5 Å². The van der Waals surface area contributed by atoms with E-state index in [1.807, 2.05) is 36.9 Å². The zero-order chi connectivity index (χ0) is 17.6. The van der Waals surface area contributed by atoms with E-state index in [9.17, 15) is 4.79 Å². The molecule has 1 aliphatic heterocycles. The van der Waals surface area contributed by atoms with Crippen LogP contribution in [0.1, 0.15) is 37.5 Å². The molecule has 0 saturated carbocycles.